The van der Waals surface area contributed by atoms with Gasteiger partial charge < -0.3 is 58.8 Å². The quantitative estimate of drug-likeness (QED) is 0.0727. The van der Waals surface area contributed by atoms with Gasteiger partial charge in [-0.1, -0.05) is 54.6 Å². The Balaban J connectivity index is 0.767. The monoisotopic (exact) mass is 822 g/mol. The molecule has 5 aromatic rings. The molecule has 2 heterocycles. The van der Waals surface area contributed by atoms with Gasteiger partial charge in [0.25, 0.3) is 5.91 Å². The standard InChI is InChI=1S/C46H54N4O10/c1-50-31-34-8-4-5-9-35(34)43(42(47)36-10-6-7-11-38(36)50)48-18-20-55-22-24-57-26-28-59-29-27-58-25-23-56-21-19-49-46(52)33-14-12-32(13-15-33)41-30-39(51)37-16-17-40(53-2)45(54-3)44(37)60-41/h4-17,30,48H,18-29,31,47H2,1-3H3,(H,49,52)/b43-42-. The fourth-order valence-electron chi connectivity index (χ4n) is 6.77. The molecule has 0 saturated heterocycles. The van der Waals surface area contributed by atoms with Crippen molar-refractivity contribution in [2.24, 2.45) is 5.73 Å². The Morgan fingerprint density at radius 1 is 0.717 bits per heavy atom. The molecule has 14 nitrogen and oxygen atoms in total. The number of hydrogen-bond acceptors (Lipinski definition) is 13. The lowest BCUT2D eigenvalue weighted by atomic mass is 9.96. The summed E-state index contributed by atoms with van der Waals surface area (Å²) in [4.78, 5) is 27.7. The molecule has 0 spiro atoms. The Morgan fingerprint density at radius 2 is 1.32 bits per heavy atom. The predicted molar refractivity (Wildman–Crippen MR) is 231 cm³/mol. The number of fused-ring (bicyclic) bond motifs is 3. The van der Waals surface area contributed by atoms with Gasteiger partial charge in [0.05, 0.1) is 97.1 Å². The van der Waals surface area contributed by atoms with Crippen LogP contribution in [0.2, 0.25) is 0 Å². The summed E-state index contributed by atoms with van der Waals surface area (Å²) in [5.41, 5.74) is 14.0. The molecule has 60 heavy (non-hydrogen) atoms. The van der Waals surface area contributed by atoms with E-state index < -0.39 is 0 Å². The number of nitrogens with one attached hydrogen (secondary N) is 2. The van der Waals surface area contributed by atoms with E-state index in [0.717, 1.165) is 29.1 Å². The lowest BCUT2D eigenvalue weighted by Gasteiger charge is -2.29. The minimum Gasteiger partial charge on any atom is -0.493 e. The highest BCUT2D eigenvalue weighted by Crippen LogP contribution is 2.36. The zero-order valence-electron chi connectivity index (χ0n) is 34.5. The fraction of sp³-hybridized carbons (Fsp3) is 0.348. The third-order valence-corrected chi connectivity index (χ3v) is 9.81. The Bertz CT molecular complexity index is 2260. The van der Waals surface area contributed by atoms with E-state index in [9.17, 15) is 9.59 Å². The molecule has 0 saturated carbocycles. The maximum Gasteiger partial charge on any atom is 0.251 e. The zero-order valence-corrected chi connectivity index (χ0v) is 34.5. The highest BCUT2D eigenvalue weighted by Gasteiger charge is 2.21. The number of rotatable bonds is 23. The maximum absolute atomic E-state index is 12.8. The first-order chi connectivity index (χ1) is 29.4. The SMILES string of the molecule is COc1ccc2c(=O)cc(-c3ccc(C(=O)NCCOCCOCCOCCOCCOCCN/C4=C(\N)c5ccccc5N(C)Cc5ccccc54)cc3)oc2c1OC. The number of carbonyl (C=O) groups excluding carboxylic acids is 1. The van der Waals surface area contributed by atoms with Crippen molar-refractivity contribution in [3.8, 4) is 22.8 Å². The van der Waals surface area contributed by atoms with Crippen LogP contribution in [0.1, 0.15) is 27.0 Å². The van der Waals surface area contributed by atoms with Crippen LogP contribution in [0.5, 0.6) is 11.5 Å². The first kappa shape index (κ1) is 43.7. The number of anilines is 1. The van der Waals surface area contributed by atoms with Gasteiger partial charge in [0.15, 0.2) is 16.8 Å². The molecule has 1 amide bonds. The van der Waals surface area contributed by atoms with Crippen LogP contribution in [0.4, 0.5) is 5.69 Å². The molecule has 318 valence electrons. The number of ether oxygens (including phenoxy) is 7. The van der Waals surface area contributed by atoms with Gasteiger partial charge >= 0.3 is 0 Å². The molecule has 0 radical (unpaired) electrons. The van der Waals surface area contributed by atoms with Crippen LogP contribution in [0.15, 0.2) is 100 Å². The second kappa shape index (κ2) is 22.5. The van der Waals surface area contributed by atoms with E-state index >= 15 is 0 Å². The number of hydrogen-bond donors (Lipinski definition) is 3. The molecule has 6 rings (SSSR count). The molecule has 14 heteroatoms. The molecule has 0 aliphatic carbocycles. The van der Waals surface area contributed by atoms with Gasteiger partial charge in [-0.3, -0.25) is 9.59 Å². The van der Waals surface area contributed by atoms with Gasteiger partial charge in [-0.15, -0.1) is 0 Å². The van der Waals surface area contributed by atoms with Gasteiger partial charge in [0, 0.05) is 60.7 Å². The molecule has 0 fully saturated rings. The fourth-order valence-corrected chi connectivity index (χ4v) is 6.77. The van der Waals surface area contributed by atoms with Crippen molar-refractivity contribution in [1.82, 2.24) is 10.6 Å². The number of carbonyl (C=O) groups is 1. The Labute approximate surface area is 350 Å². The summed E-state index contributed by atoms with van der Waals surface area (Å²) in [5, 5.41) is 6.75. The molecule has 4 N–H and O–H groups in total. The number of nitrogens with two attached hydrogens (primary N) is 1. The Hall–Kier alpha value is -5.90. The molecule has 1 aromatic heterocycles. The van der Waals surface area contributed by atoms with E-state index in [1.807, 2.05) is 18.2 Å². The summed E-state index contributed by atoms with van der Waals surface area (Å²) in [7, 11) is 5.09. The van der Waals surface area contributed by atoms with Crippen molar-refractivity contribution in [1.29, 1.82) is 0 Å². The topological polar surface area (TPSA) is 165 Å². The van der Waals surface area contributed by atoms with E-state index in [-0.39, 0.29) is 16.9 Å². The number of nitrogens with zero attached hydrogens (tertiary/aromatic N) is 1. The van der Waals surface area contributed by atoms with Crippen molar-refractivity contribution >= 4 is 34.0 Å². The summed E-state index contributed by atoms with van der Waals surface area (Å²) < 4.78 is 45.0. The van der Waals surface area contributed by atoms with E-state index in [2.05, 4.69) is 52.9 Å². The highest BCUT2D eigenvalue weighted by molar-refractivity contribution is 5.95. The van der Waals surface area contributed by atoms with Crippen molar-refractivity contribution < 1.29 is 42.4 Å². The summed E-state index contributed by atoms with van der Waals surface area (Å²) in [5.74, 6) is 0.889. The van der Waals surface area contributed by atoms with Gasteiger partial charge in [0.2, 0.25) is 5.75 Å². The third-order valence-electron chi connectivity index (χ3n) is 9.81. The first-order valence-electron chi connectivity index (χ1n) is 20.0. The minimum atomic E-state index is -0.245. The lowest BCUT2D eigenvalue weighted by Crippen LogP contribution is -2.27. The van der Waals surface area contributed by atoms with Gasteiger partial charge in [-0.25, -0.2) is 0 Å². The molecule has 0 bridgehead atoms. The molecule has 1 aliphatic heterocycles. The zero-order chi connectivity index (χ0) is 42.1. The van der Waals surface area contributed by atoms with Gasteiger partial charge in [0.1, 0.15) is 5.76 Å². The summed E-state index contributed by atoms with van der Waals surface area (Å²) in [6, 6.07) is 28.0. The van der Waals surface area contributed by atoms with Crippen molar-refractivity contribution in [2.75, 3.05) is 105 Å². The first-order valence-corrected chi connectivity index (χ1v) is 20.0. The number of para-hydroxylation sites is 1. The summed E-state index contributed by atoms with van der Waals surface area (Å²) >= 11 is 0. The van der Waals surface area contributed by atoms with Crippen molar-refractivity contribution in [2.45, 2.75) is 6.54 Å². The van der Waals surface area contributed by atoms with Crippen LogP contribution in [-0.2, 0) is 30.2 Å². The van der Waals surface area contributed by atoms with Crippen LogP contribution in [0.3, 0.4) is 0 Å². The molecule has 0 atom stereocenters. The van der Waals surface area contributed by atoms with Crippen LogP contribution < -0.4 is 36.2 Å². The van der Waals surface area contributed by atoms with Crippen LogP contribution in [-0.4, -0.2) is 106 Å². The molecule has 0 unspecified atom stereocenters. The number of benzene rings is 4. The average Bonchev–Trinajstić information content (AvgIpc) is 3.27. The predicted octanol–water partition coefficient (Wildman–Crippen LogP) is 5.31. The highest BCUT2D eigenvalue weighted by atomic mass is 16.6. The van der Waals surface area contributed by atoms with E-state index in [1.165, 1.54) is 25.8 Å². The molecular weight excluding hydrogens is 769 g/mol. The Morgan fingerprint density at radius 3 is 1.97 bits per heavy atom. The van der Waals surface area contributed by atoms with E-state index in [0.29, 0.717) is 119 Å². The van der Waals surface area contributed by atoms with Crippen molar-refractivity contribution in [3.05, 3.63) is 123 Å². The maximum atomic E-state index is 12.8. The van der Waals surface area contributed by atoms with E-state index in [4.69, 9.17) is 43.3 Å². The largest absolute Gasteiger partial charge is 0.493 e. The second-order valence-electron chi connectivity index (χ2n) is 13.8. The number of methoxy groups -OCH3 is 2. The number of amides is 1. The molecular formula is C46H54N4O10. The average molecular weight is 823 g/mol. The van der Waals surface area contributed by atoms with Crippen LogP contribution in [0.25, 0.3) is 33.7 Å². The third kappa shape index (κ3) is 11.4. The molecule has 4 aromatic carbocycles. The van der Waals surface area contributed by atoms with Crippen LogP contribution in [0, 0.1) is 0 Å². The lowest BCUT2D eigenvalue weighted by molar-refractivity contribution is -0.0104. The minimum absolute atomic E-state index is 0.217. The van der Waals surface area contributed by atoms with Crippen molar-refractivity contribution in [3.63, 3.8) is 0 Å². The van der Waals surface area contributed by atoms with E-state index in [1.54, 1.807) is 36.4 Å². The summed E-state index contributed by atoms with van der Waals surface area (Å²) in [6.45, 7) is 6.11. The summed E-state index contributed by atoms with van der Waals surface area (Å²) in [6.07, 6.45) is 0. The normalized spacial score (nSPS) is 13.6. The smallest absolute Gasteiger partial charge is 0.251 e. The van der Waals surface area contributed by atoms with Crippen LogP contribution >= 0.6 is 0 Å². The van der Waals surface area contributed by atoms with Gasteiger partial charge in [-0.05, 0) is 35.9 Å². The Kier molecular flexibility index (Phi) is 16.4. The van der Waals surface area contributed by atoms with Gasteiger partial charge in [-0.2, -0.15) is 0 Å². The molecule has 1 aliphatic rings. The second-order valence-corrected chi connectivity index (χ2v) is 13.8.